The van der Waals surface area contributed by atoms with Crippen LogP contribution in [0.5, 0.6) is 5.75 Å². The lowest BCUT2D eigenvalue weighted by molar-refractivity contribution is -0.115. The molecule has 1 amide bonds. The molecule has 23 heavy (non-hydrogen) atoms. The van der Waals surface area contributed by atoms with Gasteiger partial charge in [-0.3, -0.25) is 4.79 Å². The number of para-hydroxylation sites is 1. The number of phenolic OH excluding ortho intramolecular Hbond substituents is 1. The number of fused-ring (bicyclic) bond motifs is 1. The molecule has 0 bridgehead atoms. The van der Waals surface area contributed by atoms with Crippen molar-refractivity contribution in [3.05, 3.63) is 53.6 Å². The quantitative estimate of drug-likeness (QED) is 0.853. The van der Waals surface area contributed by atoms with E-state index in [4.69, 9.17) is 0 Å². The first-order valence-corrected chi connectivity index (χ1v) is 8.06. The Bertz CT molecular complexity index is 695. The van der Waals surface area contributed by atoms with Crippen LogP contribution >= 0.6 is 0 Å². The van der Waals surface area contributed by atoms with Crippen molar-refractivity contribution < 1.29 is 9.90 Å². The average Bonchev–Trinajstić information content (AvgIpc) is 2.73. The fraction of sp³-hybridized carbons (Fsp3) is 0.316. The molecule has 2 aromatic rings. The molecule has 0 saturated carbocycles. The monoisotopic (exact) mass is 310 g/mol. The number of carbonyl (C=O) groups is 1. The molecular formula is C19H22N2O2. The van der Waals surface area contributed by atoms with Crippen molar-refractivity contribution in [3.8, 4) is 5.75 Å². The van der Waals surface area contributed by atoms with Crippen molar-refractivity contribution in [2.75, 3.05) is 23.3 Å². The number of anilines is 2. The van der Waals surface area contributed by atoms with Crippen LogP contribution in [0.3, 0.4) is 0 Å². The number of nitrogens with zero attached hydrogens (tertiary/aromatic N) is 1. The number of aryl methyl sites for hydroxylation is 2. The van der Waals surface area contributed by atoms with Gasteiger partial charge >= 0.3 is 0 Å². The first kappa shape index (κ1) is 15.4. The van der Waals surface area contributed by atoms with E-state index in [1.807, 2.05) is 0 Å². The average molecular weight is 310 g/mol. The Morgan fingerprint density at radius 2 is 1.96 bits per heavy atom. The van der Waals surface area contributed by atoms with Gasteiger partial charge in [-0.2, -0.15) is 0 Å². The van der Waals surface area contributed by atoms with Gasteiger partial charge in [0.25, 0.3) is 0 Å². The van der Waals surface area contributed by atoms with Crippen LogP contribution in [0.2, 0.25) is 0 Å². The summed E-state index contributed by atoms with van der Waals surface area (Å²) in [5.41, 5.74) is 4.47. The minimum Gasteiger partial charge on any atom is -0.508 e. The summed E-state index contributed by atoms with van der Waals surface area (Å²) in [4.78, 5) is 14.6. The molecular weight excluding hydrogens is 288 g/mol. The molecule has 0 fully saturated rings. The second-order valence-corrected chi connectivity index (χ2v) is 6.06. The Labute approximate surface area is 136 Å². The zero-order chi connectivity index (χ0) is 16.2. The van der Waals surface area contributed by atoms with Crippen LogP contribution in [0.25, 0.3) is 0 Å². The Balaban J connectivity index is 1.74. The molecule has 2 N–H and O–H groups in total. The van der Waals surface area contributed by atoms with Gasteiger partial charge in [0.05, 0.1) is 6.54 Å². The normalized spacial score (nSPS) is 14.0. The standard InChI is InChI=1S/C19H22N2O2/c1-14-5-4-7-15-6-2-3-12-21(19(14)15)13-18(23)20-16-8-10-17(22)11-9-16/h4-5,7-11,22H,2-3,6,12-13H2,1H3,(H,20,23). The van der Waals surface area contributed by atoms with Gasteiger partial charge in [0.2, 0.25) is 5.91 Å². The number of amides is 1. The maximum Gasteiger partial charge on any atom is 0.243 e. The zero-order valence-corrected chi connectivity index (χ0v) is 13.4. The molecule has 0 aliphatic carbocycles. The third kappa shape index (κ3) is 3.65. The van der Waals surface area contributed by atoms with Crippen molar-refractivity contribution in [3.63, 3.8) is 0 Å². The SMILES string of the molecule is Cc1cccc2c1N(CC(=O)Nc1ccc(O)cc1)CCCC2. The molecule has 1 aliphatic rings. The molecule has 0 unspecified atom stereocenters. The Morgan fingerprint density at radius 3 is 2.74 bits per heavy atom. The van der Waals surface area contributed by atoms with Crippen LogP contribution in [-0.4, -0.2) is 24.1 Å². The van der Waals surface area contributed by atoms with Gasteiger partial charge in [-0.05, 0) is 61.6 Å². The lowest BCUT2D eigenvalue weighted by Gasteiger charge is -2.26. The van der Waals surface area contributed by atoms with E-state index in [1.54, 1.807) is 24.3 Å². The molecule has 4 heteroatoms. The van der Waals surface area contributed by atoms with E-state index in [1.165, 1.54) is 16.8 Å². The number of hydrogen-bond acceptors (Lipinski definition) is 3. The van der Waals surface area contributed by atoms with Crippen molar-refractivity contribution >= 4 is 17.3 Å². The minimum absolute atomic E-state index is 0.0354. The number of rotatable bonds is 3. The van der Waals surface area contributed by atoms with Crippen molar-refractivity contribution in [2.45, 2.75) is 26.2 Å². The predicted molar refractivity (Wildman–Crippen MR) is 93.1 cm³/mol. The molecule has 1 aliphatic heterocycles. The smallest absolute Gasteiger partial charge is 0.243 e. The van der Waals surface area contributed by atoms with Crippen LogP contribution in [0, 0.1) is 6.92 Å². The van der Waals surface area contributed by atoms with Gasteiger partial charge in [0.1, 0.15) is 5.75 Å². The molecule has 0 spiro atoms. The maximum atomic E-state index is 12.4. The molecule has 0 aromatic heterocycles. The first-order valence-electron chi connectivity index (χ1n) is 8.06. The van der Waals surface area contributed by atoms with Crippen LogP contribution in [0.1, 0.15) is 24.0 Å². The second-order valence-electron chi connectivity index (χ2n) is 6.06. The summed E-state index contributed by atoms with van der Waals surface area (Å²) in [5.74, 6) is 0.159. The highest BCUT2D eigenvalue weighted by molar-refractivity contribution is 5.94. The van der Waals surface area contributed by atoms with Crippen LogP contribution in [0.4, 0.5) is 11.4 Å². The van der Waals surface area contributed by atoms with Crippen LogP contribution < -0.4 is 10.2 Å². The molecule has 1 heterocycles. The summed E-state index contributed by atoms with van der Waals surface area (Å²) in [6.45, 7) is 3.36. The van der Waals surface area contributed by atoms with Gasteiger partial charge in [0, 0.05) is 17.9 Å². The number of phenols is 1. The van der Waals surface area contributed by atoms with E-state index >= 15 is 0 Å². The number of hydrogen-bond donors (Lipinski definition) is 2. The second kappa shape index (κ2) is 6.73. The van der Waals surface area contributed by atoms with E-state index in [-0.39, 0.29) is 11.7 Å². The highest BCUT2D eigenvalue weighted by Gasteiger charge is 2.19. The van der Waals surface area contributed by atoms with Gasteiger partial charge < -0.3 is 15.3 Å². The minimum atomic E-state index is -0.0354. The molecule has 4 nitrogen and oxygen atoms in total. The lowest BCUT2D eigenvalue weighted by atomic mass is 10.0. The van der Waals surface area contributed by atoms with E-state index in [9.17, 15) is 9.90 Å². The Morgan fingerprint density at radius 1 is 1.17 bits per heavy atom. The van der Waals surface area contributed by atoms with Gasteiger partial charge in [-0.25, -0.2) is 0 Å². The molecule has 0 saturated heterocycles. The maximum absolute atomic E-state index is 12.4. The van der Waals surface area contributed by atoms with Crippen molar-refractivity contribution in [1.29, 1.82) is 0 Å². The largest absolute Gasteiger partial charge is 0.508 e. The number of aromatic hydroxyl groups is 1. The summed E-state index contributed by atoms with van der Waals surface area (Å²) < 4.78 is 0. The van der Waals surface area contributed by atoms with E-state index in [2.05, 4.69) is 35.3 Å². The summed E-state index contributed by atoms with van der Waals surface area (Å²) in [7, 11) is 0. The lowest BCUT2D eigenvalue weighted by Crippen LogP contribution is -2.34. The topological polar surface area (TPSA) is 52.6 Å². The highest BCUT2D eigenvalue weighted by Crippen LogP contribution is 2.29. The fourth-order valence-electron chi connectivity index (χ4n) is 3.18. The molecule has 2 aromatic carbocycles. The number of carbonyl (C=O) groups excluding carboxylic acids is 1. The van der Waals surface area contributed by atoms with Gasteiger partial charge in [-0.15, -0.1) is 0 Å². The zero-order valence-electron chi connectivity index (χ0n) is 13.4. The van der Waals surface area contributed by atoms with E-state index in [0.717, 1.165) is 25.8 Å². The van der Waals surface area contributed by atoms with Gasteiger partial charge in [-0.1, -0.05) is 18.2 Å². The third-order valence-electron chi connectivity index (χ3n) is 4.25. The number of benzene rings is 2. The molecule has 0 atom stereocenters. The molecule has 0 radical (unpaired) electrons. The summed E-state index contributed by atoms with van der Waals surface area (Å²) in [6, 6.07) is 12.9. The van der Waals surface area contributed by atoms with E-state index in [0.29, 0.717) is 12.2 Å². The first-order chi connectivity index (χ1) is 11.1. The number of nitrogens with one attached hydrogen (secondary N) is 1. The van der Waals surface area contributed by atoms with Crippen LogP contribution in [0.15, 0.2) is 42.5 Å². The third-order valence-corrected chi connectivity index (χ3v) is 4.25. The van der Waals surface area contributed by atoms with Crippen molar-refractivity contribution in [1.82, 2.24) is 0 Å². The molecule has 120 valence electrons. The summed E-state index contributed by atoms with van der Waals surface area (Å²) in [6.07, 6.45) is 3.33. The Hall–Kier alpha value is -2.49. The van der Waals surface area contributed by atoms with Crippen molar-refractivity contribution in [2.24, 2.45) is 0 Å². The van der Waals surface area contributed by atoms with E-state index < -0.39 is 0 Å². The van der Waals surface area contributed by atoms with Crippen LogP contribution in [-0.2, 0) is 11.2 Å². The van der Waals surface area contributed by atoms with Gasteiger partial charge in [0.15, 0.2) is 0 Å². The molecule has 3 rings (SSSR count). The summed E-state index contributed by atoms with van der Waals surface area (Å²) >= 11 is 0. The predicted octanol–water partition coefficient (Wildman–Crippen LogP) is 3.48. The highest BCUT2D eigenvalue weighted by atomic mass is 16.3. The fourth-order valence-corrected chi connectivity index (χ4v) is 3.18. The summed E-state index contributed by atoms with van der Waals surface area (Å²) in [5, 5.41) is 12.2. The Kier molecular flexibility index (Phi) is 4.51.